The van der Waals surface area contributed by atoms with E-state index < -0.39 is 11.5 Å². The number of rotatable bonds is 3. The van der Waals surface area contributed by atoms with Gasteiger partial charge in [-0.2, -0.15) is 0 Å². The summed E-state index contributed by atoms with van der Waals surface area (Å²) >= 11 is 1.41. The van der Waals surface area contributed by atoms with Crippen LogP contribution in [0.3, 0.4) is 0 Å². The molecular weight excluding hydrogens is 302 g/mol. The molecule has 3 rings (SSSR count). The Morgan fingerprint density at radius 1 is 1.36 bits per heavy atom. The molecule has 6 nitrogen and oxygen atoms in total. The molecule has 7 heteroatoms. The first-order valence-corrected chi connectivity index (χ1v) is 8.46. The highest BCUT2D eigenvalue weighted by Crippen LogP contribution is 2.31. The molecule has 0 saturated heterocycles. The van der Waals surface area contributed by atoms with Crippen molar-refractivity contribution >= 4 is 28.8 Å². The molecule has 22 heavy (non-hydrogen) atoms. The van der Waals surface area contributed by atoms with Gasteiger partial charge in [0, 0.05) is 11.4 Å². The number of hydrogen-bond acceptors (Lipinski definition) is 5. The highest BCUT2D eigenvalue weighted by atomic mass is 32.2. The summed E-state index contributed by atoms with van der Waals surface area (Å²) < 4.78 is 1.58. The third kappa shape index (κ3) is 2.39. The van der Waals surface area contributed by atoms with Gasteiger partial charge in [0.1, 0.15) is 11.2 Å². The van der Waals surface area contributed by atoms with Crippen molar-refractivity contribution in [2.24, 2.45) is 0 Å². The van der Waals surface area contributed by atoms with E-state index in [-0.39, 0.29) is 11.6 Å². The van der Waals surface area contributed by atoms with Gasteiger partial charge < -0.3 is 5.11 Å². The van der Waals surface area contributed by atoms with E-state index >= 15 is 0 Å². The van der Waals surface area contributed by atoms with Gasteiger partial charge in [0.05, 0.1) is 5.69 Å². The fourth-order valence-electron chi connectivity index (χ4n) is 3.07. The normalized spacial score (nSPS) is 15.5. The summed E-state index contributed by atoms with van der Waals surface area (Å²) in [4.78, 5) is 32.9. The van der Waals surface area contributed by atoms with Crippen LogP contribution in [0.4, 0.5) is 0 Å². The summed E-state index contributed by atoms with van der Waals surface area (Å²) in [6.07, 6.45) is 5.75. The van der Waals surface area contributed by atoms with Crippen molar-refractivity contribution in [3.63, 3.8) is 0 Å². The van der Waals surface area contributed by atoms with E-state index in [1.54, 1.807) is 4.57 Å². The number of pyridine rings is 1. The van der Waals surface area contributed by atoms with Crippen molar-refractivity contribution in [1.29, 1.82) is 0 Å². The van der Waals surface area contributed by atoms with E-state index in [0.717, 1.165) is 25.7 Å². The van der Waals surface area contributed by atoms with Gasteiger partial charge in [0.25, 0.3) is 5.56 Å². The van der Waals surface area contributed by atoms with E-state index in [1.807, 2.05) is 13.2 Å². The van der Waals surface area contributed by atoms with Crippen LogP contribution in [0.2, 0.25) is 0 Å². The zero-order chi connectivity index (χ0) is 15.9. The van der Waals surface area contributed by atoms with E-state index in [0.29, 0.717) is 21.9 Å². The van der Waals surface area contributed by atoms with Crippen LogP contribution < -0.4 is 5.56 Å². The Morgan fingerprint density at radius 2 is 2.05 bits per heavy atom. The van der Waals surface area contributed by atoms with Gasteiger partial charge in [-0.15, -0.1) is 0 Å². The van der Waals surface area contributed by atoms with Crippen LogP contribution >= 0.6 is 11.8 Å². The Balaban J connectivity index is 2.41. The van der Waals surface area contributed by atoms with Crippen LogP contribution in [-0.2, 0) is 0 Å². The quantitative estimate of drug-likeness (QED) is 0.691. The summed E-state index contributed by atoms with van der Waals surface area (Å²) in [7, 11) is 0. The standard InChI is InChI=1S/C15H17N3O3S/c1-8-10-7-11(14(20)21)13(19)18(9-5-3-4-6-9)12(10)17-15(16-8)22-2/h7,9H,3-6H2,1-2H3,(H,20,21). The Bertz CT molecular complexity index is 810. The summed E-state index contributed by atoms with van der Waals surface area (Å²) in [6, 6.07) is 1.43. The second kappa shape index (κ2) is 5.72. The first kappa shape index (κ1) is 15.0. The van der Waals surface area contributed by atoms with Crippen molar-refractivity contribution in [2.75, 3.05) is 6.26 Å². The zero-order valence-electron chi connectivity index (χ0n) is 12.5. The van der Waals surface area contributed by atoms with E-state index in [2.05, 4.69) is 9.97 Å². The minimum Gasteiger partial charge on any atom is -0.477 e. The fourth-order valence-corrected chi connectivity index (χ4v) is 3.48. The second-order valence-corrected chi connectivity index (χ2v) is 6.28. The molecule has 0 aliphatic heterocycles. The number of carboxylic acids is 1. The number of aromatic nitrogens is 3. The third-order valence-electron chi connectivity index (χ3n) is 4.16. The topological polar surface area (TPSA) is 85.1 Å². The predicted octanol–water partition coefficient (Wildman–Crippen LogP) is 2.64. The maximum atomic E-state index is 12.6. The SMILES string of the molecule is CSc1nc(C)c2cc(C(=O)O)c(=O)n(C3CCCC3)c2n1. The van der Waals surface area contributed by atoms with Gasteiger partial charge in [-0.05, 0) is 32.1 Å². The third-order valence-corrected chi connectivity index (χ3v) is 4.71. The minimum absolute atomic E-state index is 0.0262. The van der Waals surface area contributed by atoms with Gasteiger partial charge in [0.15, 0.2) is 5.16 Å². The molecule has 1 aliphatic rings. The molecular formula is C15H17N3O3S. The first-order valence-electron chi connectivity index (χ1n) is 7.24. The van der Waals surface area contributed by atoms with Crippen LogP contribution in [-0.4, -0.2) is 31.9 Å². The van der Waals surface area contributed by atoms with Gasteiger partial charge in [-0.3, -0.25) is 9.36 Å². The number of fused-ring (bicyclic) bond motifs is 1. The number of aryl methyl sites for hydroxylation is 1. The van der Waals surface area contributed by atoms with Crippen molar-refractivity contribution in [3.05, 3.63) is 27.7 Å². The van der Waals surface area contributed by atoms with Crippen molar-refractivity contribution in [3.8, 4) is 0 Å². The molecule has 0 unspecified atom stereocenters. The lowest BCUT2D eigenvalue weighted by atomic mass is 10.1. The largest absolute Gasteiger partial charge is 0.477 e. The Morgan fingerprint density at radius 3 is 2.64 bits per heavy atom. The van der Waals surface area contributed by atoms with Gasteiger partial charge in [-0.25, -0.2) is 14.8 Å². The molecule has 2 aromatic heterocycles. The molecule has 0 atom stereocenters. The van der Waals surface area contributed by atoms with E-state index in [4.69, 9.17) is 0 Å². The van der Waals surface area contributed by atoms with Gasteiger partial charge in [0.2, 0.25) is 0 Å². The number of carboxylic acid groups (broad SMARTS) is 1. The fraction of sp³-hybridized carbons (Fsp3) is 0.467. The highest BCUT2D eigenvalue weighted by molar-refractivity contribution is 7.98. The number of carbonyl (C=O) groups is 1. The van der Waals surface area contributed by atoms with Crippen molar-refractivity contribution in [2.45, 2.75) is 43.8 Å². The van der Waals surface area contributed by atoms with E-state index in [9.17, 15) is 14.7 Å². The molecule has 116 valence electrons. The molecule has 0 aromatic carbocycles. The molecule has 1 saturated carbocycles. The molecule has 0 bridgehead atoms. The zero-order valence-corrected chi connectivity index (χ0v) is 13.3. The molecule has 0 radical (unpaired) electrons. The lowest BCUT2D eigenvalue weighted by Gasteiger charge is -2.18. The van der Waals surface area contributed by atoms with Crippen LogP contribution in [0.25, 0.3) is 11.0 Å². The molecule has 1 aliphatic carbocycles. The average Bonchev–Trinajstić information content (AvgIpc) is 2.99. The van der Waals surface area contributed by atoms with Gasteiger partial charge >= 0.3 is 5.97 Å². The Labute approximate surface area is 131 Å². The summed E-state index contributed by atoms with van der Waals surface area (Å²) in [5.41, 5.74) is 0.586. The number of nitrogens with zero attached hydrogens (tertiary/aromatic N) is 3. The number of thioether (sulfide) groups is 1. The van der Waals surface area contributed by atoms with Crippen LogP contribution in [0.1, 0.15) is 47.8 Å². The molecule has 1 fully saturated rings. The smallest absolute Gasteiger partial charge is 0.341 e. The summed E-state index contributed by atoms with van der Waals surface area (Å²) in [5, 5.41) is 10.6. The summed E-state index contributed by atoms with van der Waals surface area (Å²) in [5.74, 6) is -1.20. The van der Waals surface area contributed by atoms with Crippen LogP contribution in [0, 0.1) is 6.92 Å². The minimum atomic E-state index is -1.20. The number of aromatic carboxylic acids is 1. The van der Waals surface area contributed by atoms with Crippen molar-refractivity contribution in [1.82, 2.24) is 14.5 Å². The maximum absolute atomic E-state index is 12.6. The van der Waals surface area contributed by atoms with Crippen LogP contribution in [0.5, 0.6) is 0 Å². The second-order valence-electron chi connectivity index (χ2n) is 5.51. The molecule has 0 amide bonds. The average molecular weight is 319 g/mol. The predicted molar refractivity (Wildman–Crippen MR) is 84.8 cm³/mol. The maximum Gasteiger partial charge on any atom is 0.341 e. The van der Waals surface area contributed by atoms with E-state index in [1.165, 1.54) is 17.8 Å². The molecule has 2 aromatic rings. The first-order chi connectivity index (χ1) is 10.5. The molecule has 0 spiro atoms. The molecule has 2 heterocycles. The Kier molecular flexibility index (Phi) is 3.90. The van der Waals surface area contributed by atoms with Gasteiger partial charge in [-0.1, -0.05) is 24.6 Å². The summed E-state index contributed by atoms with van der Waals surface area (Å²) in [6.45, 7) is 1.82. The number of hydrogen-bond donors (Lipinski definition) is 1. The Hall–Kier alpha value is -1.89. The van der Waals surface area contributed by atoms with Crippen molar-refractivity contribution < 1.29 is 9.90 Å². The molecule has 1 N–H and O–H groups in total. The monoisotopic (exact) mass is 319 g/mol. The lowest BCUT2D eigenvalue weighted by Crippen LogP contribution is -2.30. The lowest BCUT2D eigenvalue weighted by molar-refractivity contribution is 0.0694. The van der Waals surface area contributed by atoms with Crippen LogP contribution in [0.15, 0.2) is 16.0 Å². The highest BCUT2D eigenvalue weighted by Gasteiger charge is 2.25.